The fourth-order valence-electron chi connectivity index (χ4n) is 2.37. The molecular weight excluding hydrogens is 297 g/mol. The van der Waals surface area contributed by atoms with Gasteiger partial charge in [-0.3, -0.25) is 0 Å². The molecule has 0 unspecified atom stereocenters. The quantitative estimate of drug-likeness (QED) is 0.763. The molecule has 1 aromatic rings. The first-order chi connectivity index (χ1) is 9.25. The van der Waals surface area contributed by atoms with Crippen molar-refractivity contribution in [3.05, 3.63) is 30.3 Å². The number of piperidine rings is 1. The topological polar surface area (TPSA) is 23.6 Å². The number of hydrogen-bond donors (Lipinski definition) is 0. The van der Waals surface area contributed by atoms with E-state index in [4.69, 9.17) is 0 Å². The van der Waals surface area contributed by atoms with Crippen LogP contribution in [0.25, 0.3) is 0 Å². The minimum atomic E-state index is -0.485. The van der Waals surface area contributed by atoms with Gasteiger partial charge in [-0.15, -0.1) is 0 Å². The Morgan fingerprint density at radius 3 is 2.58 bits per heavy atom. The van der Waals surface area contributed by atoms with E-state index in [9.17, 15) is 4.79 Å². The zero-order valence-corrected chi connectivity index (χ0v) is 13.7. The van der Waals surface area contributed by atoms with Crippen molar-refractivity contribution < 1.29 is 4.79 Å². The van der Waals surface area contributed by atoms with E-state index in [1.54, 1.807) is 0 Å². The van der Waals surface area contributed by atoms with Crippen molar-refractivity contribution in [2.75, 3.05) is 26.7 Å². The van der Waals surface area contributed by atoms with Crippen LogP contribution in [0.3, 0.4) is 0 Å². The molecule has 1 aliphatic rings. The van der Waals surface area contributed by atoms with Crippen LogP contribution in [0.1, 0.15) is 25.7 Å². The Hall–Kier alpha value is -0.807. The van der Waals surface area contributed by atoms with Gasteiger partial charge in [-0.1, -0.05) is 0 Å². The van der Waals surface area contributed by atoms with Crippen LogP contribution in [-0.2, 0) is 4.79 Å². The number of likely N-dealkylation sites (tertiary alicyclic amines) is 1. The second-order valence-electron chi connectivity index (χ2n) is 5.08. The summed E-state index contributed by atoms with van der Waals surface area (Å²) in [6.45, 7) is 3.28. The number of amides is 1. The van der Waals surface area contributed by atoms with Gasteiger partial charge in [-0.2, -0.15) is 0 Å². The monoisotopic (exact) mass is 320 g/mol. The van der Waals surface area contributed by atoms with E-state index < -0.39 is 15.7 Å². The van der Waals surface area contributed by atoms with Crippen LogP contribution in [0.5, 0.6) is 0 Å². The van der Waals surface area contributed by atoms with Gasteiger partial charge in [0.2, 0.25) is 0 Å². The molecule has 0 aliphatic carbocycles. The summed E-state index contributed by atoms with van der Waals surface area (Å²) in [6.07, 6.45) is 4.61. The molecule has 102 valence electrons. The molecule has 1 aliphatic heterocycles. The summed E-state index contributed by atoms with van der Waals surface area (Å²) in [7, 11) is 1.95. The molecule has 19 heavy (non-hydrogen) atoms. The molecule has 3 nitrogen and oxygen atoms in total. The van der Waals surface area contributed by atoms with Crippen LogP contribution in [0.15, 0.2) is 30.3 Å². The van der Waals surface area contributed by atoms with Crippen molar-refractivity contribution in [2.45, 2.75) is 25.7 Å². The van der Waals surface area contributed by atoms with Gasteiger partial charge in [0.25, 0.3) is 0 Å². The fraction of sp³-hybridized carbons (Fsp3) is 0.533. The Kier molecular flexibility index (Phi) is 5.92. The van der Waals surface area contributed by atoms with E-state index in [1.807, 2.05) is 29.1 Å². The minimum absolute atomic E-state index is 0.300. The van der Waals surface area contributed by atoms with Crippen molar-refractivity contribution in [1.29, 1.82) is 0 Å². The zero-order chi connectivity index (χ0) is 13.5. The summed E-state index contributed by atoms with van der Waals surface area (Å²) in [4.78, 5) is 14.5. The molecule has 0 atom stereocenters. The summed E-state index contributed by atoms with van der Waals surface area (Å²) in [5, 5.41) is 0. The third kappa shape index (κ3) is 4.99. The third-order valence-electron chi connectivity index (χ3n) is 3.54. The normalized spacial score (nSPS) is 16.3. The molecule has 0 bridgehead atoms. The van der Waals surface area contributed by atoms with Crippen LogP contribution in [0, 0.1) is 0 Å². The molecule has 1 heterocycles. The van der Waals surface area contributed by atoms with E-state index >= 15 is 0 Å². The van der Waals surface area contributed by atoms with Crippen LogP contribution in [-0.4, -0.2) is 57.0 Å². The molecule has 4 heteroatoms. The first-order valence-corrected chi connectivity index (χ1v) is 9.05. The Balaban J connectivity index is 1.73. The molecule has 0 saturated carbocycles. The van der Waals surface area contributed by atoms with Gasteiger partial charge in [0.1, 0.15) is 0 Å². The fourth-order valence-corrected chi connectivity index (χ4v) is 4.40. The third-order valence-corrected chi connectivity index (χ3v) is 6.00. The Bertz CT molecular complexity index is 390. The Labute approximate surface area is 122 Å². The average molecular weight is 319 g/mol. The number of rotatable bonds is 5. The van der Waals surface area contributed by atoms with Gasteiger partial charge in [0.15, 0.2) is 0 Å². The molecule has 0 aromatic heterocycles. The van der Waals surface area contributed by atoms with Crippen molar-refractivity contribution in [3.8, 4) is 0 Å². The average Bonchev–Trinajstić information content (AvgIpc) is 2.47. The van der Waals surface area contributed by atoms with Crippen LogP contribution in [0.2, 0.25) is 0 Å². The van der Waals surface area contributed by atoms with Gasteiger partial charge in [-0.25, -0.2) is 0 Å². The standard InChI is InChI=1S/C15H22GeN2O/c1-17(16-14-8-4-2-5-9-14)15(19)10-13-18-11-6-3-7-12-18/h2,4-5,8-9H,3,6-7,10-13H2,1H3. The first-order valence-electron chi connectivity index (χ1n) is 7.06. The molecule has 1 fully saturated rings. The zero-order valence-electron chi connectivity index (χ0n) is 11.6. The summed E-state index contributed by atoms with van der Waals surface area (Å²) >= 11 is -0.485. The summed E-state index contributed by atoms with van der Waals surface area (Å²) in [5.41, 5.74) is 0. The van der Waals surface area contributed by atoms with Gasteiger partial charge < -0.3 is 0 Å². The molecule has 2 rings (SSSR count). The van der Waals surface area contributed by atoms with Gasteiger partial charge in [0, 0.05) is 0 Å². The van der Waals surface area contributed by atoms with E-state index in [0.29, 0.717) is 12.3 Å². The van der Waals surface area contributed by atoms with Crippen molar-refractivity contribution in [3.63, 3.8) is 0 Å². The van der Waals surface area contributed by atoms with Gasteiger partial charge in [0.05, 0.1) is 0 Å². The van der Waals surface area contributed by atoms with Crippen LogP contribution >= 0.6 is 0 Å². The number of carbonyl (C=O) groups excluding carboxylic acids is 1. The summed E-state index contributed by atoms with van der Waals surface area (Å²) < 4.78 is 3.27. The van der Waals surface area contributed by atoms with Crippen LogP contribution < -0.4 is 4.40 Å². The van der Waals surface area contributed by atoms with Crippen molar-refractivity contribution >= 4 is 26.0 Å². The second kappa shape index (κ2) is 7.70. The summed E-state index contributed by atoms with van der Waals surface area (Å²) in [6, 6.07) is 10.4. The molecule has 1 aromatic carbocycles. The molecule has 0 spiro atoms. The number of nitrogens with zero attached hydrogens (tertiary/aromatic N) is 2. The number of hydrogen-bond acceptors (Lipinski definition) is 2. The SMILES string of the molecule is C[N]([Ge][c]1ccccc1)C(=O)CCN1CCCCC1. The molecule has 2 radical (unpaired) electrons. The predicted molar refractivity (Wildman–Crippen MR) is 79.5 cm³/mol. The Morgan fingerprint density at radius 2 is 1.89 bits per heavy atom. The molecule has 0 N–H and O–H groups in total. The number of benzene rings is 1. The van der Waals surface area contributed by atoms with E-state index in [2.05, 4.69) is 17.0 Å². The van der Waals surface area contributed by atoms with Gasteiger partial charge in [-0.05, 0) is 0 Å². The van der Waals surface area contributed by atoms with Gasteiger partial charge >= 0.3 is 122 Å². The number of carbonyl (C=O) groups is 1. The Morgan fingerprint density at radius 1 is 1.21 bits per heavy atom. The molecule has 1 saturated heterocycles. The second-order valence-corrected chi connectivity index (χ2v) is 8.17. The molecule has 1 amide bonds. The van der Waals surface area contributed by atoms with E-state index in [1.165, 1.54) is 36.7 Å². The molecular formula is C15H22GeN2O. The predicted octanol–water partition coefficient (Wildman–Crippen LogP) is 1.27. The van der Waals surface area contributed by atoms with Crippen LogP contribution in [0.4, 0.5) is 0 Å². The van der Waals surface area contributed by atoms with E-state index in [-0.39, 0.29) is 0 Å². The van der Waals surface area contributed by atoms with Crippen molar-refractivity contribution in [2.24, 2.45) is 0 Å². The summed E-state index contributed by atoms with van der Waals surface area (Å²) in [5.74, 6) is 0.300. The van der Waals surface area contributed by atoms with Crippen molar-refractivity contribution in [1.82, 2.24) is 8.76 Å². The maximum atomic E-state index is 12.1. The van der Waals surface area contributed by atoms with E-state index in [0.717, 1.165) is 6.54 Å². The maximum absolute atomic E-state index is 12.1. The first kappa shape index (κ1) is 14.6.